The zero-order valence-electron chi connectivity index (χ0n) is 5.89. The Hall–Kier alpha value is -0.120. The van der Waals surface area contributed by atoms with Gasteiger partial charge >= 0.3 is 0 Å². The van der Waals surface area contributed by atoms with E-state index in [2.05, 4.69) is 10.6 Å². The van der Waals surface area contributed by atoms with Crippen molar-refractivity contribution in [2.24, 2.45) is 0 Å². The number of hydrogen-bond acceptors (Lipinski definition) is 3. The summed E-state index contributed by atoms with van der Waals surface area (Å²) in [7, 11) is 0. The van der Waals surface area contributed by atoms with E-state index in [1.165, 1.54) is 12.8 Å². The van der Waals surface area contributed by atoms with Crippen molar-refractivity contribution in [1.29, 1.82) is 0 Å². The second kappa shape index (κ2) is 3.82. The Labute approximate surface area is 55.9 Å². The highest BCUT2D eigenvalue weighted by atomic mass is 16.7. The maximum atomic E-state index is 4.99. The molecular weight excluding hydrogens is 116 g/mol. The van der Waals surface area contributed by atoms with Crippen molar-refractivity contribution in [2.45, 2.75) is 19.8 Å². The molecule has 0 unspecified atom stereocenters. The fourth-order valence-electron chi connectivity index (χ4n) is 0.964. The highest BCUT2D eigenvalue weighted by molar-refractivity contribution is 4.58. The average Bonchev–Trinajstić information content (AvgIpc) is 2.34. The van der Waals surface area contributed by atoms with E-state index in [1.807, 2.05) is 6.92 Å². The smallest absolute Gasteiger partial charge is 0.0670 e. The van der Waals surface area contributed by atoms with Gasteiger partial charge in [-0.15, -0.1) is 5.59 Å². The molecule has 0 saturated carbocycles. The number of hydrazine groups is 1. The first kappa shape index (κ1) is 6.99. The fraction of sp³-hybridized carbons (Fsp3) is 1.00. The summed E-state index contributed by atoms with van der Waals surface area (Å²) in [6, 6.07) is 0. The summed E-state index contributed by atoms with van der Waals surface area (Å²) in [6.07, 6.45) is 2.58. The van der Waals surface area contributed by atoms with E-state index < -0.39 is 0 Å². The molecule has 1 saturated heterocycles. The van der Waals surface area contributed by atoms with Gasteiger partial charge in [-0.05, 0) is 19.8 Å². The lowest BCUT2D eigenvalue weighted by Crippen LogP contribution is -2.35. The van der Waals surface area contributed by atoms with Crippen LogP contribution in [-0.2, 0) is 4.84 Å². The lowest BCUT2D eigenvalue weighted by atomic mass is 10.4. The Kier molecular flexibility index (Phi) is 2.97. The molecule has 1 aliphatic heterocycles. The van der Waals surface area contributed by atoms with Crippen LogP contribution in [0, 0.1) is 0 Å². The van der Waals surface area contributed by atoms with Crippen molar-refractivity contribution in [3.63, 3.8) is 0 Å². The van der Waals surface area contributed by atoms with Gasteiger partial charge in [0.2, 0.25) is 0 Å². The molecule has 0 spiro atoms. The summed E-state index contributed by atoms with van der Waals surface area (Å²) in [6.45, 7) is 4.96. The van der Waals surface area contributed by atoms with Crippen LogP contribution >= 0.6 is 0 Å². The third kappa shape index (κ3) is 2.30. The van der Waals surface area contributed by atoms with Gasteiger partial charge in [0.05, 0.1) is 6.61 Å². The molecule has 1 fully saturated rings. The van der Waals surface area contributed by atoms with Crippen LogP contribution in [0.5, 0.6) is 0 Å². The van der Waals surface area contributed by atoms with Crippen LogP contribution in [0.1, 0.15) is 19.8 Å². The van der Waals surface area contributed by atoms with Gasteiger partial charge in [0, 0.05) is 13.1 Å². The van der Waals surface area contributed by atoms with Crippen molar-refractivity contribution in [3.05, 3.63) is 0 Å². The summed E-state index contributed by atoms with van der Waals surface area (Å²) < 4.78 is 0. The monoisotopic (exact) mass is 130 g/mol. The second-order valence-corrected chi connectivity index (χ2v) is 2.22. The quantitative estimate of drug-likeness (QED) is 0.564. The van der Waals surface area contributed by atoms with E-state index in [4.69, 9.17) is 4.84 Å². The maximum absolute atomic E-state index is 4.99. The van der Waals surface area contributed by atoms with Crippen molar-refractivity contribution in [2.75, 3.05) is 19.7 Å². The molecule has 0 amide bonds. The van der Waals surface area contributed by atoms with Gasteiger partial charge in [-0.1, -0.05) is 0 Å². The van der Waals surface area contributed by atoms with Crippen molar-refractivity contribution in [3.8, 4) is 0 Å². The molecule has 0 radical (unpaired) electrons. The van der Waals surface area contributed by atoms with Gasteiger partial charge in [0.25, 0.3) is 0 Å². The van der Waals surface area contributed by atoms with Crippen LogP contribution in [-0.4, -0.2) is 24.7 Å². The van der Waals surface area contributed by atoms with Gasteiger partial charge in [0.1, 0.15) is 0 Å². The van der Waals surface area contributed by atoms with Gasteiger partial charge in [-0.2, -0.15) is 0 Å². The van der Waals surface area contributed by atoms with Gasteiger partial charge in [0.15, 0.2) is 0 Å². The van der Waals surface area contributed by atoms with E-state index in [-0.39, 0.29) is 0 Å². The highest BCUT2D eigenvalue weighted by Crippen LogP contribution is 2.02. The summed E-state index contributed by atoms with van der Waals surface area (Å²) in [5, 5.41) is 2.10. The van der Waals surface area contributed by atoms with Gasteiger partial charge in [-0.3, -0.25) is 4.84 Å². The molecule has 54 valence electrons. The number of nitrogens with zero attached hydrogens (tertiary/aromatic N) is 1. The zero-order valence-corrected chi connectivity index (χ0v) is 5.89. The van der Waals surface area contributed by atoms with Crippen LogP contribution in [0.15, 0.2) is 0 Å². The lowest BCUT2D eigenvalue weighted by molar-refractivity contribution is -0.0672. The summed E-state index contributed by atoms with van der Waals surface area (Å²) in [5.41, 5.74) is 2.86. The summed E-state index contributed by atoms with van der Waals surface area (Å²) >= 11 is 0. The van der Waals surface area contributed by atoms with Crippen LogP contribution in [0.4, 0.5) is 0 Å². The minimum atomic E-state index is 0.733. The standard InChI is InChI=1S/C6H14N2O/c1-2-9-7-8-5-3-4-6-8/h7H,2-6H2,1H3. The number of hydrogen-bond donors (Lipinski definition) is 1. The molecule has 9 heavy (non-hydrogen) atoms. The molecule has 1 N–H and O–H groups in total. The minimum Gasteiger partial charge on any atom is -0.287 e. The fourth-order valence-corrected chi connectivity index (χ4v) is 0.964. The van der Waals surface area contributed by atoms with Crippen LogP contribution in [0.25, 0.3) is 0 Å². The van der Waals surface area contributed by atoms with Crippen LogP contribution in [0.2, 0.25) is 0 Å². The Balaban J connectivity index is 1.98. The average molecular weight is 130 g/mol. The summed E-state index contributed by atoms with van der Waals surface area (Å²) in [5.74, 6) is 0. The predicted octanol–water partition coefficient (Wildman–Crippen LogP) is 0.538. The minimum absolute atomic E-state index is 0.733. The topological polar surface area (TPSA) is 24.5 Å². The number of rotatable bonds is 3. The molecule has 3 nitrogen and oxygen atoms in total. The van der Waals surface area contributed by atoms with Crippen molar-refractivity contribution in [1.82, 2.24) is 10.6 Å². The van der Waals surface area contributed by atoms with Crippen LogP contribution in [0.3, 0.4) is 0 Å². The maximum Gasteiger partial charge on any atom is 0.0670 e. The van der Waals surface area contributed by atoms with Gasteiger partial charge in [-0.25, -0.2) is 5.01 Å². The molecule has 3 heteroatoms. The zero-order chi connectivity index (χ0) is 6.53. The molecule has 0 bridgehead atoms. The first-order valence-electron chi connectivity index (χ1n) is 3.56. The molecule has 0 aromatic heterocycles. The normalized spacial score (nSPS) is 21.0. The summed E-state index contributed by atoms with van der Waals surface area (Å²) in [4.78, 5) is 4.99. The molecule has 0 aromatic carbocycles. The van der Waals surface area contributed by atoms with E-state index >= 15 is 0 Å². The SMILES string of the molecule is CCONN1CCCC1. The molecule has 0 aliphatic carbocycles. The molecule has 1 heterocycles. The third-order valence-electron chi connectivity index (χ3n) is 1.44. The van der Waals surface area contributed by atoms with Crippen molar-refractivity contribution >= 4 is 0 Å². The molecule has 0 aromatic rings. The van der Waals surface area contributed by atoms with Crippen molar-refractivity contribution < 1.29 is 4.84 Å². The second-order valence-electron chi connectivity index (χ2n) is 2.22. The Morgan fingerprint density at radius 1 is 1.44 bits per heavy atom. The highest BCUT2D eigenvalue weighted by Gasteiger charge is 2.09. The van der Waals surface area contributed by atoms with Crippen LogP contribution < -0.4 is 5.59 Å². The Morgan fingerprint density at radius 3 is 2.67 bits per heavy atom. The van der Waals surface area contributed by atoms with E-state index in [0.29, 0.717) is 0 Å². The van der Waals surface area contributed by atoms with E-state index in [0.717, 1.165) is 19.7 Å². The molecule has 1 aliphatic rings. The first-order chi connectivity index (χ1) is 4.43. The Morgan fingerprint density at radius 2 is 2.11 bits per heavy atom. The van der Waals surface area contributed by atoms with E-state index in [1.54, 1.807) is 0 Å². The molecule has 1 rings (SSSR count). The van der Waals surface area contributed by atoms with Gasteiger partial charge < -0.3 is 0 Å². The number of nitrogens with one attached hydrogen (secondary N) is 1. The lowest BCUT2D eigenvalue weighted by Gasteiger charge is -2.14. The largest absolute Gasteiger partial charge is 0.287 e. The predicted molar refractivity (Wildman–Crippen MR) is 35.6 cm³/mol. The third-order valence-corrected chi connectivity index (χ3v) is 1.44. The van der Waals surface area contributed by atoms with E-state index in [9.17, 15) is 0 Å². The molecular formula is C6H14N2O. The molecule has 0 atom stereocenters. The first-order valence-corrected chi connectivity index (χ1v) is 3.56. The Bertz CT molecular complexity index is 71.5.